The molecule has 1 N–H and O–H groups in total. The molecule has 4 aromatic rings. The van der Waals surface area contributed by atoms with Crippen molar-refractivity contribution in [1.82, 2.24) is 9.78 Å². The van der Waals surface area contributed by atoms with Crippen LogP contribution in [0.1, 0.15) is 22.7 Å². The number of aryl methyl sites for hydroxylation is 1. The number of hydrogen-bond acceptors (Lipinski definition) is 3. The van der Waals surface area contributed by atoms with E-state index in [1.807, 2.05) is 66.2 Å². The summed E-state index contributed by atoms with van der Waals surface area (Å²) in [6, 6.07) is 24.7. The van der Waals surface area contributed by atoms with E-state index in [0.717, 1.165) is 28.3 Å². The predicted octanol–water partition coefficient (Wildman–Crippen LogP) is 5.92. The molecule has 0 spiro atoms. The van der Waals surface area contributed by atoms with Crippen molar-refractivity contribution in [3.05, 3.63) is 101 Å². The molecule has 4 rings (SSSR count). The van der Waals surface area contributed by atoms with Crippen LogP contribution in [0.4, 0.5) is 0 Å². The first-order chi connectivity index (χ1) is 15.4. The van der Waals surface area contributed by atoms with Crippen molar-refractivity contribution >= 4 is 17.6 Å². The van der Waals surface area contributed by atoms with E-state index in [1.54, 1.807) is 31.4 Å². The fourth-order valence-corrected chi connectivity index (χ4v) is 3.86. The largest absolute Gasteiger partial charge is 0.497 e. The first kappa shape index (κ1) is 21.7. The van der Waals surface area contributed by atoms with Crippen molar-refractivity contribution < 1.29 is 14.6 Å². The number of nitrogens with zero attached hydrogens (tertiary/aromatic N) is 2. The summed E-state index contributed by atoms with van der Waals surface area (Å²) in [6.07, 6.45) is 0.248. The third-order valence-corrected chi connectivity index (χ3v) is 5.62. The number of methoxy groups -OCH3 is 1. The molecule has 162 valence electrons. The molecule has 0 saturated carbocycles. The molecule has 0 radical (unpaired) electrons. The summed E-state index contributed by atoms with van der Waals surface area (Å²) in [5, 5.41) is 15.2. The van der Waals surface area contributed by atoms with Crippen LogP contribution in [0.3, 0.4) is 0 Å². The molecule has 3 aromatic carbocycles. The summed E-state index contributed by atoms with van der Waals surface area (Å²) in [4.78, 5) is 12.1. The van der Waals surface area contributed by atoms with Crippen molar-refractivity contribution in [3.63, 3.8) is 0 Å². The molecule has 0 aliphatic carbocycles. The van der Waals surface area contributed by atoms with Gasteiger partial charge in [0.25, 0.3) is 0 Å². The van der Waals surface area contributed by atoms with Gasteiger partial charge in [0.05, 0.1) is 30.1 Å². The third-order valence-electron chi connectivity index (χ3n) is 5.39. The molecular formula is C26H23ClN2O3. The van der Waals surface area contributed by atoms with E-state index in [2.05, 4.69) is 0 Å². The van der Waals surface area contributed by atoms with Crippen LogP contribution in [0.15, 0.2) is 78.9 Å². The SMILES string of the molecule is COc1ccc(-n2nc(CC(C(=O)O)c3cccc(Cl)c3)cc2-c2ccc(C)cc2)cc1. The van der Waals surface area contributed by atoms with E-state index in [4.69, 9.17) is 21.4 Å². The summed E-state index contributed by atoms with van der Waals surface area (Å²) in [5.74, 6) is -0.910. The van der Waals surface area contributed by atoms with Crippen molar-refractivity contribution in [3.8, 4) is 22.7 Å². The van der Waals surface area contributed by atoms with Gasteiger partial charge in [-0.3, -0.25) is 4.79 Å². The molecule has 0 aliphatic heterocycles. The van der Waals surface area contributed by atoms with Crippen LogP contribution >= 0.6 is 11.6 Å². The molecule has 6 heteroatoms. The van der Waals surface area contributed by atoms with E-state index >= 15 is 0 Å². The maximum atomic E-state index is 12.1. The zero-order valence-electron chi connectivity index (χ0n) is 17.8. The predicted molar refractivity (Wildman–Crippen MR) is 126 cm³/mol. The van der Waals surface area contributed by atoms with Gasteiger partial charge in [0.1, 0.15) is 5.75 Å². The van der Waals surface area contributed by atoms with Crippen LogP contribution in [0.5, 0.6) is 5.75 Å². The lowest BCUT2D eigenvalue weighted by molar-refractivity contribution is -0.138. The summed E-state index contributed by atoms with van der Waals surface area (Å²) in [7, 11) is 1.63. The number of rotatable bonds is 7. The molecule has 5 nitrogen and oxygen atoms in total. The van der Waals surface area contributed by atoms with Crippen molar-refractivity contribution in [1.29, 1.82) is 0 Å². The van der Waals surface area contributed by atoms with E-state index in [1.165, 1.54) is 0 Å². The van der Waals surface area contributed by atoms with E-state index < -0.39 is 11.9 Å². The monoisotopic (exact) mass is 446 g/mol. The molecule has 0 saturated heterocycles. The Hall–Kier alpha value is -3.57. The number of aromatic nitrogens is 2. The van der Waals surface area contributed by atoms with Crippen molar-refractivity contribution in [2.45, 2.75) is 19.3 Å². The van der Waals surface area contributed by atoms with Gasteiger partial charge in [-0.2, -0.15) is 5.10 Å². The smallest absolute Gasteiger partial charge is 0.311 e. The highest BCUT2D eigenvalue weighted by Crippen LogP contribution is 2.29. The fraction of sp³-hybridized carbons (Fsp3) is 0.154. The third kappa shape index (κ3) is 4.68. The summed E-state index contributed by atoms with van der Waals surface area (Å²) in [5.41, 5.74) is 5.25. The molecular weight excluding hydrogens is 424 g/mol. The maximum absolute atomic E-state index is 12.1. The molecule has 1 aromatic heterocycles. The van der Waals surface area contributed by atoms with Crippen molar-refractivity contribution in [2.75, 3.05) is 7.11 Å². The number of carboxylic acids is 1. The van der Waals surface area contributed by atoms with Crippen LogP contribution in [0.2, 0.25) is 5.02 Å². The van der Waals surface area contributed by atoms with Crippen molar-refractivity contribution in [2.24, 2.45) is 0 Å². The Bertz CT molecular complexity index is 1230. The lowest BCUT2D eigenvalue weighted by Crippen LogP contribution is -2.15. The quantitative estimate of drug-likeness (QED) is 0.382. The molecule has 1 atom stereocenters. The number of aliphatic carboxylic acids is 1. The van der Waals surface area contributed by atoms with Gasteiger partial charge in [-0.15, -0.1) is 0 Å². The number of benzene rings is 3. The summed E-state index contributed by atoms with van der Waals surface area (Å²) >= 11 is 6.10. The van der Waals surface area contributed by atoms with E-state index in [-0.39, 0.29) is 6.42 Å². The van der Waals surface area contributed by atoms with Gasteiger partial charge in [0.2, 0.25) is 0 Å². The first-order valence-electron chi connectivity index (χ1n) is 10.2. The topological polar surface area (TPSA) is 64.4 Å². The Labute approximate surface area is 191 Å². The van der Waals surface area contributed by atoms with Gasteiger partial charge in [-0.1, -0.05) is 53.6 Å². The van der Waals surface area contributed by atoms with Crippen LogP contribution < -0.4 is 4.74 Å². The van der Waals surface area contributed by atoms with Crippen LogP contribution in [0, 0.1) is 6.92 Å². The van der Waals surface area contributed by atoms with Gasteiger partial charge in [0.15, 0.2) is 0 Å². The molecule has 1 unspecified atom stereocenters. The van der Waals surface area contributed by atoms with Gasteiger partial charge < -0.3 is 9.84 Å². The second-order valence-electron chi connectivity index (χ2n) is 7.65. The molecule has 0 amide bonds. The van der Waals surface area contributed by atoms with Crippen LogP contribution in [0.25, 0.3) is 16.9 Å². The second kappa shape index (κ2) is 9.28. The highest BCUT2D eigenvalue weighted by molar-refractivity contribution is 6.30. The molecule has 0 fully saturated rings. The van der Waals surface area contributed by atoms with E-state index in [9.17, 15) is 9.90 Å². The molecule has 0 aliphatic rings. The number of carboxylic acid groups (broad SMARTS) is 1. The zero-order valence-corrected chi connectivity index (χ0v) is 18.6. The van der Waals surface area contributed by atoms with Gasteiger partial charge in [0, 0.05) is 17.0 Å². The Kier molecular flexibility index (Phi) is 6.28. The molecule has 0 bridgehead atoms. The minimum Gasteiger partial charge on any atom is -0.497 e. The molecule has 1 heterocycles. The minimum absolute atomic E-state index is 0.248. The Balaban J connectivity index is 1.77. The minimum atomic E-state index is -0.914. The van der Waals surface area contributed by atoms with E-state index in [0.29, 0.717) is 16.3 Å². The zero-order chi connectivity index (χ0) is 22.7. The lowest BCUT2D eigenvalue weighted by Gasteiger charge is -2.11. The Morgan fingerprint density at radius 1 is 1.06 bits per heavy atom. The number of ether oxygens (including phenoxy) is 1. The molecule has 32 heavy (non-hydrogen) atoms. The highest BCUT2D eigenvalue weighted by atomic mass is 35.5. The van der Waals surface area contributed by atoms with Crippen LogP contribution in [-0.2, 0) is 11.2 Å². The lowest BCUT2D eigenvalue weighted by atomic mass is 9.94. The first-order valence-corrected chi connectivity index (χ1v) is 10.6. The standard InChI is InChI=1S/C26H23ClN2O3/c1-17-6-8-18(9-7-17)25-16-21(28-29(25)22-10-12-23(32-2)13-11-22)15-24(26(30)31)19-4-3-5-20(27)14-19/h3-14,16,24H,15H2,1-2H3,(H,30,31). The Morgan fingerprint density at radius 3 is 2.41 bits per heavy atom. The van der Waals surface area contributed by atoms with Crippen LogP contribution in [-0.4, -0.2) is 28.0 Å². The average molecular weight is 447 g/mol. The normalized spacial score (nSPS) is 11.8. The fourth-order valence-electron chi connectivity index (χ4n) is 3.66. The number of hydrogen-bond donors (Lipinski definition) is 1. The average Bonchev–Trinajstić information content (AvgIpc) is 3.22. The Morgan fingerprint density at radius 2 is 1.78 bits per heavy atom. The van der Waals surface area contributed by atoms with Gasteiger partial charge >= 0.3 is 5.97 Å². The van der Waals surface area contributed by atoms with Gasteiger partial charge in [-0.25, -0.2) is 4.68 Å². The maximum Gasteiger partial charge on any atom is 0.311 e. The number of halogens is 1. The summed E-state index contributed by atoms with van der Waals surface area (Å²) in [6.45, 7) is 2.04. The highest BCUT2D eigenvalue weighted by Gasteiger charge is 2.23. The number of carbonyl (C=O) groups is 1. The second-order valence-corrected chi connectivity index (χ2v) is 8.08. The van der Waals surface area contributed by atoms with Gasteiger partial charge in [-0.05, 0) is 55.0 Å². The summed E-state index contributed by atoms with van der Waals surface area (Å²) < 4.78 is 7.11.